The van der Waals surface area contributed by atoms with E-state index in [0.717, 1.165) is 53.4 Å². The lowest BCUT2D eigenvalue weighted by atomic mass is 9.68. The van der Waals surface area contributed by atoms with Gasteiger partial charge in [-0.25, -0.2) is 0 Å². The molecule has 8 heteroatoms. The number of hydrogen-bond donors (Lipinski definition) is 2. The van der Waals surface area contributed by atoms with E-state index in [1.54, 1.807) is 0 Å². The number of carbonyl (C=O) groups is 1. The van der Waals surface area contributed by atoms with Crippen molar-refractivity contribution in [1.82, 2.24) is 24.6 Å². The maximum Gasteiger partial charge on any atom is 0.243 e. The van der Waals surface area contributed by atoms with Crippen molar-refractivity contribution < 1.29 is 4.79 Å². The number of hydrogen-bond acceptors (Lipinski definition) is 4. The summed E-state index contributed by atoms with van der Waals surface area (Å²) in [6.07, 6.45) is 6.40. The van der Waals surface area contributed by atoms with E-state index in [-0.39, 0.29) is 17.4 Å². The number of nitrogens with two attached hydrogens (primary N) is 1. The third kappa shape index (κ3) is 3.93. The van der Waals surface area contributed by atoms with Crippen LogP contribution >= 0.6 is 11.6 Å². The minimum Gasteiger partial charge on any atom is -0.361 e. The summed E-state index contributed by atoms with van der Waals surface area (Å²) in [5, 5.41) is 10.9. The van der Waals surface area contributed by atoms with Crippen molar-refractivity contribution in [2.24, 2.45) is 5.73 Å². The van der Waals surface area contributed by atoms with Crippen LogP contribution in [0.1, 0.15) is 48.5 Å². The third-order valence-electron chi connectivity index (χ3n) is 8.03. The van der Waals surface area contributed by atoms with Crippen molar-refractivity contribution in [1.29, 1.82) is 0 Å². The molecule has 4 aromatic rings. The van der Waals surface area contributed by atoms with Crippen LogP contribution in [-0.4, -0.2) is 43.1 Å². The van der Waals surface area contributed by atoms with Gasteiger partial charge in [0, 0.05) is 46.5 Å². The zero-order chi connectivity index (χ0) is 24.0. The van der Waals surface area contributed by atoms with Gasteiger partial charge in [0.05, 0.1) is 6.54 Å². The Balaban J connectivity index is 1.17. The molecule has 6 rings (SSSR count). The molecule has 3 heterocycles. The first-order valence-electron chi connectivity index (χ1n) is 12.3. The summed E-state index contributed by atoms with van der Waals surface area (Å²) in [6, 6.07) is 16.5. The molecule has 1 amide bonds. The zero-order valence-electron chi connectivity index (χ0n) is 19.6. The molecule has 2 aromatic heterocycles. The van der Waals surface area contributed by atoms with Crippen molar-refractivity contribution in [3.8, 4) is 0 Å². The number of aromatic nitrogens is 4. The molecule has 0 saturated heterocycles. The molecular formula is C27H29ClN6O. The number of H-pyrrole nitrogens is 1. The number of nitrogens with zero attached hydrogens (tertiary/aromatic N) is 4. The Hall–Kier alpha value is -3.16. The van der Waals surface area contributed by atoms with Crippen LogP contribution < -0.4 is 5.73 Å². The average Bonchev–Trinajstić information content (AvgIpc) is 3.48. The fourth-order valence-corrected chi connectivity index (χ4v) is 6.14. The van der Waals surface area contributed by atoms with Gasteiger partial charge in [0.15, 0.2) is 5.82 Å². The smallest absolute Gasteiger partial charge is 0.243 e. The van der Waals surface area contributed by atoms with E-state index in [2.05, 4.69) is 33.4 Å². The van der Waals surface area contributed by atoms with Crippen LogP contribution in [0.5, 0.6) is 0 Å². The molecule has 0 spiro atoms. The number of carbonyl (C=O) groups excluding carboxylic acids is 1. The van der Waals surface area contributed by atoms with Gasteiger partial charge in [0.2, 0.25) is 5.91 Å². The predicted octanol–water partition coefficient (Wildman–Crippen LogP) is 4.19. The second kappa shape index (κ2) is 8.81. The zero-order valence-corrected chi connectivity index (χ0v) is 20.3. The van der Waals surface area contributed by atoms with Gasteiger partial charge in [-0.15, -0.1) is 10.2 Å². The number of aromatic amines is 1. The van der Waals surface area contributed by atoms with Crippen molar-refractivity contribution >= 4 is 28.4 Å². The van der Waals surface area contributed by atoms with E-state index >= 15 is 0 Å². The van der Waals surface area contributed by atoms with Crippen molar-refractivity contribution in [2.75, 3.05) is 6.54 Å². The number of fused-ring (bicyclic) bond motifs is 2. The quantitative estimate of drug-likeness (QED) is 0.440. The average molecular weight is 489 g/mol. The van der Waals surface area contributed by atoms with Crippen LogP contribution in [0.25, 0.3) is 10.9 Å². The Kier molecular flexibility index (Phi) is 5.61. The normalized spacial score (nSPS) is 22.5. The van der Waals surface area contributed by atoms with E-state index in [9.17, 15) is 4.79 Å². The maximum absolute atomic E-state index is 13.3. The molecule has 35 heavy (non-hydrogen) atoms. The van der Waals surface area contributed by atoms with Crippen LogP contribution in [0.4, 0.5) is 0 Å². The molecule has 0 atom stereocenters. The van der Waals surface area contributed by atoms with E-state index in [1.807, 2.05) is 46.0 Å². The van der Waals surface area contributed by atoms with Gasteiger partial charge in [-0.2, -0.15) is 0 Å². The molecule has 0 unspecified atom stereocenters. The fourth-order valence-electron chi connectivity index (χ4n) is 5.95. The van der Waals surface area contributed by atoms with Gasteiger partial charge in [0.25, 0.3) is 0 Å². The molecule has 1 aliphatic carbocycles. The number of halogens is 1. The highest BCUT2D eigenvalue weighted by Gasteiger charge is 2.40. The Morgan fingerprint density at radius 1 is 1.09 bits per heavy atom. The highest BCUT2D eigenvalue weighted by molar-refractivity contribution is 6.30. The molecule has 1 aliphatic heterocycles. The van der Waals surface area contributed by atoms with Crippen LogP contribution in [0.3, 0.4) is 0 Å². The summed E-state index contributed by atoms with van der Waals surface area (Å²) in [7, 11) is 0. The molecule has 7 nitrogen and oxygen atoms in total. The highest BCUT2D eigenvalue weighted by Crippen LogP contribution is 2.41. The minimum atomic E-state index is -0.0766. The summed E-state index contributed by atoms with van der Waals surface area (Å²) in [6.45, 7) is 1.39. The van der Waals surface area contributed by atoms with E-state index in [0.29, 0.717) is 26.1 Å². The van der Waals surface area contributed by atoms with Crippen molar-refractivity contribution in [3.63, 3.8) is 0 Å². The maximum atomic E-state index is 13.3. The first-order chi connectivity index (χ1) is 17.1. The first-order valence-corrected chi connectivity index (χ1v) is 12.7. The largest absolute Gasteiger partial charge is 0.361 e. The Bertz CT molecular complexity index is 1380. The number of amides is 1. The van der Waals surface area contributed by atoms with Crippen molar-refractivity contribution in [2.45, 2.75) is 56.7 Å². The molecule has 0 bridgehead atoms. The first kappa shape index (κ1) is 22.3. The third-order valence-corrected chi connectivity index (χ3v) is 8.27. The van der Waals surface area contributed by atoms with Gasteiger partial charge in [-0.05, 0) is 55.0 Å². The topological polar surface area (TPSA) is 92.8 Å². The molecule has 1 fully saturated rings. The summed E-state index contributed by atoms with van der Waals surface area (Å²) in [5.41, 5.74) is 9.68. The minimum absolute atomic E-state index is 0.0766. The monoisotopic (exact) mass is 488 g/mol. The lowest BCUT2D eigenvalue weighted by molar-refractivity contribution is -0.138. The molecular weight excluding hydrogens is 460 g/mol. The number of benzene rings is 2. The van der Waals surface area contributed by atoms with Gasteiger partial charge in [0.1, 0.15) is 12.4 Å². The second-order valence-corrected chi connectivity index (χ2v) is 10.3. The summed E-state index contributed by atoms with van der Waals surface area (Å²) < 4.78 is 2.00. The number of nitrogens with one attached hydrogen (secondary N) is 1. The molecule has 2 aliphatic rings. The van der Waals surface area contributed by atoms with Gasteiger partial charge >= 0.3 is 0 Å². The number of rotatable bonds is 5. The summed E-state index contributed by atoms with van der Waals surface area (Å²) in [4.78, 5) is 18.6. The molecule has 180 valence electrons. The Morgan fingerprint density at radius 2 is 1.91 bits per heavy atom. The fraction of sp³-hybridized carbons (Fsp3) is 0.370. The van der Waals surface area contributed by atoms with E-state index < -0.39 is 0 Å². The Labute approximate surface area is 209 Å². The molecule has 2 aromatic carbocycles. The molecule has 3 N–H and O–H groups in total. The Morgan fingerprint density at radius 3 is 2.71 bits per heavy atom. The van der Waals surface area contributed by atoms with Gasteiger partial charge in [-0.1, -0.05) is 41.9 Å². The summed E-state index contributed by atoms with van der Waals surface area (Å²) >= 11 is 6.26. The highest BCUT2D eigenvalue weighted by atomic mass is 35.5. The van der Waals surface area contributed by atoms with Crippen LogP contribution in [0, 0.1) is 0 Å². The van der Waals surface area contributed by atoms with E-state index in [4.69, 9.17) is 17.3 Å². The van der Waals surface area contributed by atoms with Gasteiger partial charge in [-0.3, -0.25) is 4.79 Å². The lowest BCUT2D eigenvalue weighted by Gasteiger charge is -2.44. The van der Waals surface area contributed by atoms with E-state index in [1.165, 1.54) is 10.9 Å². The van der Waals surface area contributed by atoms with Crippen LogP contribution in [0.15, 0.2) is 54.7 Å². The predicted molar refractivity (Wildman–Crippen MR) is 136 cm³/mol. The second-order valence-electron chi connectivity index (χ2n) is 9.90. The number of para-hydroxylation sites is 1. The summed E-state index contributed by atoms with van der Waals surface area (Å²) in [5.74, 6) is 1.85. The van der Waals surface area contributed by atoms with Gasteiger partial charge < -0.3 is 20.2 Å². The SMILES string of the molecule is NC[C@]1(c2cccc(Cl)c2)CC[C@@H](N2Cc3nnc(Cc4c[nH]c5ccccc45)n3CC2=O)CC1. The lowest BCUT2D eigenvalue weighted by Crippen LogP contribution is -2.50. The molecule has 0 radical (unpaired) electrons. The van der Waals surface area contributed by atoms with Crippen LogP contribution in [-0.2, 0) is 29.7 Å². The van der Waals surface area contributed by atoms with Crippen molar-refractivity contribution in [3.05, 3.63) is 82.5 Å². The standard InChI is InChI=1S/C27H29ClN6O/c28-20-5-3-4-19(13-20)27(17-29)10-8-21(9-11-27)33-15-25-32-31-24(34(25)16-26(33)35)12-18-14-30-23-7-2-1-6-22(18)23/h1-7,13-14,21,30H,8-12,15-17,29H2/t21-,27+. The molecule has 1 saturated carbocycles. The van der Waals surface area contributed by atoms with Crippen LogP contribution in [0.2, 0.25) is 5.02 Å².